The number of phosphoric ester groups is 3. The lowest BCUT2D eigenvalue weighted by Gasteiger charge is -2.36. The Kier molecular flexibility index (Phi) is 15.9. The number of nitrogens with zero attached hydrogens (tertiary/aromatic N) is 4. The van der Waals surface area contributed by atoms with Gasteiger partial charge in [0.1, 0.15) is 36.3 Å². The number of ether oxygens (including phenoxy) is 1. The fraction of sp³-hybridized carbons (Fsp3) is 0.652. The molecular weight excluding hydrogens is 851 g/mol. The highest BCUT2D eigenvalue weighted by Gasteiger charge is 2.47. The van der Waals surface area contributed by atoms with E-state index in [1.165, 1.54) is 13.8 Å². The van der Waals surface area contributed by atoms with Crippen LogP contribution in [-0.2, 0) is 50.7 Å². The smallest absolute Gasteiger partial charge is 0.274 e. The second kappa shape index (κ2) is 18.6. The lowest BCUT2D eigenvalue weighted by atomic mass is 9.87. The maximum atomic E-state index is 12.4. The van der Waals surface area contributed by atoms with Gasteiger partial charge < -0.3 is 69.0 Å². The van der Waals surface area contributed by atoms with Crippen molar-refractivity contribution in [2.75, 3.05) is 43.1 Å². The molecule has 294 valence electrons. The Labute approximate surface area is 307 Å². The van der Waals surface area contributed by atoms with Crippen molar-refractivity contribution in [1.82, 2.24) is 30.2 Å². The minimum atomic E-state index is -5.90. The van der Waals surface area contributed by atoms with E-state index in [4.69, 9.17) is 10.5 Å². The number of imidazole rings is 1. The van der Waals surface area contributed by atoms with Crippen LogP contribution in [0.5, 0.6) is 0 Å². The van der Waals surface area contributed by atoms with Crippen molar-refractivity contribution in [3.63, 3.8) is 0 Å². The zero-order valence-electron chi connectivity index (χ0n) is 27.0. The quantitative estimate of drug-likeness (QED) is 0.0490. The summed E-state index contributed by atoms with van der Waals surface area (Å²) in [5, 5.41) is 26.1. The average molecular weight is 884 g/mol. The molecule has 6 N–H and O–H groups in total. The zero-order valence-corrected chi connectivity index (χ0v) is 32.1. The topological polar surface area (TPSA) is 375 Å². The molecule has 2 amide bonds. The van der Waals surface area contributed by atoms with Gasteiger partial charge in [-0.3, -0.25) is 28.1 Å². The molecule has 3 rings (SSSR count). The molecule has 1 saturated heterocycles. The average Bonchev–Trinajstić information content (AvgIpc) is 3.60. The lowest BCUT2D eigenvalue weighted by molar-refractivity contribution is -0.347. The molecule has 0 radical (unpaired) electrons. The van der Waals surface area contributed by atoms with Crippen LogP contribution in [0.2, 0.25) is 0 Å². The van der Waals surface area contributed by atoms with Gasteiger partial charge in [0.05, 0.1) is 32.7 Å². The number of amides is 2. The van der Waals surface area contributed by atoms with Gasteiger partial charge in [-0.05, 0) is 0 Å². The molecular formula is C23H33BrN7O17P3S-4. The number of hydrogen-bond acceptors (Lipinski definition) is 22. The summed E-state index contributed by atoms with van der Waals surface area (Å²) >= 11 is 4.02. The molecule has 2 aromatic rings. The van der Waals surface area contributed by atoms with Crippen molar-refractivity contribution in [2.45, 2.75) is 50.9 Å². The monoisotopic (exact) mass is 883 g/mol. The number of aliphatic hydroxyl groups excluding tert-OH is 2. The van der Waals surface area contributed by atoms with Gasteiger partial charge in [-0.2, -0.15) is 0 Å². The number of aromatic nitrogens is 4. The van der Waals surface area contributed by atoms with Crippen molar-refractivity contribution in [2.24, 2.45) is 5.41 Å². The highest BCUT2D eigenvalue weighted by molar-refractivity contribution is 9.09. The van der Waals surface area contributed by atoms with E-state index >= 15 is 0 Å². The number of carbonyl (C=O) groups excluding carboxylic acids is 3. The fourth-order valence-electron chi connectivity index (χ4n) is 4.31. The molecule has 2 aromatic heterocycles. The molecule has 24 nitrogen and oxygen atoms in total. The third-order valence-electron chi connectivity index (χ3n) is 6.85. The zero-order chi connectivity index (χ0) is 39.1. The summed E-state index contributed by atoms with van der Waals surface area (Å²) in [6.07, 6.45) is -7.57. The van der Waals surface area contributed by atoms with Crippen LogP contribution >= 0.6 is 51.2 Å². The van der Waals surface area contributed by atoms with Gasteiger partial charge in [-0.15, -0.1) is 0 Å². The Balaban J connectivity index is 1.54. The first-order valence-electron chi connectivity index (χ1n) is 14.6. The number of nitrogen functional groups attached to an aromatic ring is 1. The number of halogens is 1. The highest BCUT2D eigenvalue weighted by Crippen LogP contribution is 2.56. The Morgan fingerprint density at radius 3 is 2.44 bits per heavy atom. The third kappa shape index (κ3) is 13.1. The predicted octanol–water partition coefficient (Wildman–Crippen LogP) is -3.47. The van der Waals surface area contributed by atoms with E-state index in [2.05, 4.69) is 59.4 Å². The first-order valence-corrected chi connectivity index (χ1v) is 21.1. The maximum absolute atomic E-state index is 12.4. The van der Waals surface area contributed by atoms with E-state index in [1.807, 2.05) is 0 Å². The molecule has 0 bridgehead atoms. The summed E-state index contributed by atoms with van der Waals surface area (Å²) in [7, 11) is -17.6. The molecule has 29 heteroatoms. The molecule has 0 saturated carbocycles. The Bertz CT molecular complexity index is 1730. The molecule has 7 atom stereocenters. The SMILES string of the molecule is CC(C)(COP(=O)([O-])OP(=O)([O-])OC[C@H]1O[C@@H](n2cnc3c(N)ncnc32)[C@H](O)[C@@H]1OP(=O)([O-])[O-])[C@@H](O)C(=O)NCCC(=O)NCCSC(=O)CBr. The number of hydrogen-bond donors (Lipinski definition) is 5. The molecule has 1 fully saturated rings. The van der Waals surface area contributed by atoms with Gasteiger partial charge in [0.2, 0.25) is 11.8 Å². The number of phosphoric acid groups is 3. The first-order chi connectivity index (χ1) is 24.1. The number of nitrogens with one attached hydrogen (secondary N) is 2. The van der Waals surface area contributed by atoms with Crippen molar-refractivity contribution >= 4 is 85.1 Å². The van der Waals surface area contributed by atoms with Crippen molar-refractivity contribution in [1.29, 1.82) is 0 Å². The number of carbonyl (C=O) groups is 3. The molecule has 1 aliphatic heterocycles. The second-order valence-corrected chi connectivity index (χ2v) is 17.1. The van der Waals surface area contributed by atoms with Crippen molar-refractivity contribution < 1.29 is 80.5 Å². The van der Waals surface area contributed by atoms with Crippen molar-refractivity contribution in [3.05, 3.63) is 12.7 Å². The molecule has 1 aliphatic rings. The first kappa shape index (κ1) is 44.4. The number of nitrogens with two attached hydrogens (primary N) is 1. The van der Waals surface area contributed by atoms with E-state index in [-0.39, 0.29) is 46.9 Å². The molecule has 0 aliphatic carbocycles. The molecule has 0 spiro atoms. The van der Waals surface area contributed by atoms with Gasteiger partial charge in [-0.25, -0.2) is 19.3 Å². The summed E-state index contributed by atoms with van der Waals surface area (Å²) in [4.78, 5) is 94.8. The number of alkyl halides is 1. The van der Waals surface area contributed by atoms with Crippen LogP contribution in [0, 0.1) is 5.41 Å². The summed E-state index contributed by atoms with van der Waals surface area (Å²) in [5.41, 5.74) is 4.06. The highest BCUT2D eigenvalue weighted by atomic mass is 79.9. The summed E-state index contributed by atoms with van der Waals surface area (Å²) < 4.78 is 60.3. The number of aliphatic hydroxyl groups is 2. The molecule has 3 heterocycles. The van der Waals surface area contributed by atoms with Crippen LogP contribution in [0.4, 0.5) is 5.82 Å². The van der Waals surface area contributed by atoms with Crippen LogP contribution in [0.3, 0.4) is 0 Å². The number of fused-ring (bicyclic) bond motifs is 1. The number of rotatable bonds is 20. The Morgan fingerprint density at radius 2 is 1.79 bits per heavy atom. The predicted molar refractivity (Wildman–Crippen MR) is 172 cm³/mol. The van der Waals surface area contributed by atoms with Crippen molar-refractivity contribution in [3.8, 4) is 0 Å². The van der Waals surface area contributed by atoms with Gasteiger partial charge in [0.15, 0.2) is 22.8 Å². The molecule has 0 aromatic carbocycles. The van der Waals surface area contributed by atoms with Crippen LogP contribution in [-0.4, -0.2) is 108 Å². The van der Waals surface area contributed by atoms with Gasteiger partial charge in [0.25, 0.3) is 15.6 Å². The number of anilines is 1. The van der Waals surface area contributed by atoms with E-state index in [9.17, 15) is 57.9 Å². The fourth-order valence-corrected chi connectivity index (χ4v) is 8.04. The van der Waals surface area contributed by atoms with Gasteiger partial charge >= 0.3 is 0 Å². The van der Waals surface area contributed by atoms with Crippen LogP contribution < -0.4 is 35.9 Å². The van der Waals surface area contributed by atoms with Crippen LogP contribution in [0.1, 0.15) is 26.5 Å². The largest absolute Gasteiger partial charge is 0.790 e. The van der Waals surface area contributed by atoms with Crippen LogP contribution in [0.25, 0.3) is 11.2 Å². The van der Waals surface area contributed by atoms with E-state index in [1.54, 1.807) is 0 Å². The van der Waals surface area contributed by atoms with E-state index in [0.717, 1.165) is 29.0 Å². The minimum Gasteiger partial charge on any atom is -0.790 e. The van der Waals surface area contributed by atoms with Gasteiger partial charge in [-0.1, -0.05) is 41.5 Å². The summed E-state index contributed by atoms with van der Waals surface area (Å²) in [5.74, 6) is -1.22. The number of thioether (sulfide) groups is 1. The molecule has 52 heavy (non-hydrogen) atoms. The Hall–Kier alpha value is -1.96. The van der Waals surface area contributed by atoms with Gasteiger partial charge in [0, 0.05) is 30.7 Å². The standard InChI is InChI=1S/C23H37BrN7O17P3S/c1-23(2,18(35)21(36)27-4-3-13(32)26-5-6-52-14(33)7-24)9-45-51(42,43)48-50(40,41)44-8-12-17(47-49(37,38)39)16(34)22(46-12)31-11-30-15-19(25)28-10-29-20(15)31/h10-12,16-18,22,34-35H,3-9H2,1-2H3,(H,26,32)(H,27,36)(H,40,41)(H,42,43)(H2,25,28,29)(H2,37,38,39)/p-4/t12-,16-,17-,18+,22-/m1/s1. The third-order valence-corrected chi connectivity index (χ3v) is 11.6. The van der Waals surface area contributed by atoms with E-state index < -0.39 is 84.6 Å². The van der Waals surface area contributed by atoms with E-state index in [0.29, 0.717) is 5.75 Å². The van der Waals surface area contributed by atoms with Crippen LogP contribution in [0.15, 0.2) is 12.7 Å². The minimum absolute atomic E-state index is 0.0217. The second-order valence-electron chi connectivity index (χ2n) is 11.3. The maximum Gasteiger partial charge on any atom is 0.274 e. The molecule has 2 unspecified atom stereocenters. The normalized spacial score (nSPS) is 22.4. The summed E-state index contributed by atoms with van der Waals surface area (Å²) in [6.45, 7) is 0.0912. The Morgan fingerprint density at radius 1 is 1.12 bits per heavy atom. The summed E-state index contributed by atoms with van der Waals surface area (Å²) in [6, 6.07) is 0. The lowest BCUT2D eigenvalue weighted by Crippen LogP contribution is -2.46.